The molecule has 0 aliphatic heterocycles. The summed E-state index contributed by atoms with van der Waals surface area (Å²) < 4.78 is 25.9. The summed E-state index contributed by atoms with van der Waals surface area (Å²) in [4.78, 5) is 4.08. The second-order valence-electron chi connectivity index (χ2n) is 4.83. The molecule has 2 aromatic heterocycles. The highest BCUT2D eigenvalue weighted by atomic mass is 79.9. The molecule has 108 valence electrons. The van der Waals surface area contributed by atoms with Crippen LogP contribution in [0.4, 0.5) is 0 Å². The Morgan fingerprint density at radius 3 is 2.86 bits per heavy atom. The number of pyridine rings is 1. The maximum Gasteiger partial charge on any atom is 0.199 e. The molecule has 1 N–H and O–H groups in total. The number of fused-ring (bicyclic) bond motifs is 1. The van der Waals surface area contributed by atoms with Crippen molar-refractivity contribution >= 4 is 36.8 Å². The van der Waals surface area contributed by atoms with Crippen molar-refractivity contribution in [1.29, 1.82) is 0 Å². The summed E-state index contributed by atoms with van der Waals surface area (Å²) in [7, 11) is -3.51. The summed E-state index contributed by atoms with van der Waals surface area (Å²) in [6, 6.07) is 9.16. The maximum absolute atomic E-state index is 12.6. The van der Waals surface area contributed by atoms with Gasteiger partial charge in [-0.3, -0.25) is 5.10 Å². The second kappa shape index (κ2) is 5.23. The van der Waals surface area contributed by atoms with E-state index in [0.29, 0.717) is 15.5 Å². The van der Waals surface area contributed by atoms with Crippen LogP contribution in [0.2, 0.25) is 0 Å². The van der Waals surface area contributed by atoms with Gasteiger partial charge in [-0.15, -0.1) is 0 Å². The Morgan fingerprint density at radius 1 is 1.29 bits per heavy atom. The first-order valence-corrected chi connectivity index (χ1v) is 8.68. The van der Waals surface area contributed by atoms with Gasteiger partial charge in [0.25, 0.3) is 0 Å². The standard InChI is InChI=1S/C14H12BrN3O2S/c1-9-3-2-4-10(5-9)8-21(19,20)14-12-6-11(15)7-16-13(12)17-18-14/h2-7H,8H2,1H3,(H,16,17,18). The number of nitrogens with one attached hydrogen (secondary N) is 1. The van der Waals surface area contributed by atoms with Crippen molar-refractivity contribution in [3.8, 4) is 0 Å². The molecule has 0 radical (unpaired) electrons. The molecule has 0 fully saturated rings. The average Bonchev–Trinajstić information content (AvgIpc) is 2.81. The number of rotatable bonds is 3. The van der Waals surface area contributed by atoms with Crippen LogP contribution in [0.25, 0.3) is 11.0 Å². The lowest BCUT2D eigenvalue weighted by atomic mass is 10.2. The molecule has 7 heteroatoms. The van der Waals surface area contributed by atoms with Crippen LogP contribution in [0, 0.1) is 6.92 Å². The molecule has 1 aromatic carbocycles. The van der Waals surface area contributed by atoms with Gasteiger partial charge < -0.3 is 0 Å². The third kappa shape index (κ3) is 2.84. The minimum Gasteiger partial charge on any atom is -0.265 e. The van der Waals surface area contributed by atoms with Gasteiger partial charge in [0.15, 0.2) is 20.5 Å². The zero-order valence-electron chi connectivity index (χ0n) is 11.2. The zero-order valence-corrected chi connectivity index (χ0v) is 13.6. The van der Waals surface area contributed by atoms with Crippen molar-refractivity contribution in [3.63, 3.8) is 0 Å². The van der Waals surface area contributed by atoms with Crippen LogP contribution in [0.15, 0.2) is 46.0 Å². The molecule has 0 aliphatic carbocycles. The summed E-state index contributed by atoms with van der Waals surface area (Å²) >= 11 is 3.30. The topological polar surface area (TPSA) is 75.7 Å². The molecule has 5 nitrogen and oxygen atoms in total. The van der Waals surface area contributed by atoms with E-state index in [4.69, 9.17) is 0 Å². The number of aromatic amines is 1. The summed E-state index contributed by atoms with van der Waals surface area (Å²) in [5.41, 5.74) is 2.17. The largest absolute Gasteiger partial charge is 0.265 e. The van der Waals surface area contributed by atoms with E-state index in [9.17, 15) is 8.42 Å². The Balaban J connectivity index is 2.06. The van der Waals surface area contributed by atoms with E-state index in [2.05, 4.69) is 31.1 Å². The molecular formula is C14H12BrN3O2S. The fourth-order valence-electron chi connectivity index (χ4n) is 2.18. The number of aromatic nitrogens is 3. The molecule has 0 aliphatic rings. The van der Waals surface area contributed by atoms with Gasteiger partial charge in [-0.05, 0) is 34.5 Å². The van der Waals surface area contributed by atoms with Gasteiger partial charge in [0, 0.05) is 10.7 Å². The van der Waals surface area contributed by atoms with Gasteiger partial charge in [0.05, 0.1) is 11.1 Å². The Kier molecular flexibility index (Phi) is 3.54. The van der Waals surface area contributed by atoms with Crippen LogP contribution in [-0.4, -0.2) is 23.6 Å². The van der Waals surface area contributed by atoms with Crippen molar-refractivity contribution in [2.45, 2.75) is 17.7 Å². The van der Waals surface area contributed by atoms with Crippen molar-refractivity contribution in [2.24, 2.45) is 0 Å². The zero-order chi connectivity index (χ0) is 15.0. The number of hydrogen-bond donors (Lipinski definition) is 1. The van der Waals surface area contributed by atoms with Crippen LogP contribution in [0.3, 0.4) is 0 Å². The number of H-pyrrole nitrogens is 1. The Bertz CT molecular complexity index is 919. The van der Waals surface area contributed by atoms with Gasteiger partial charge >= 0.3 is 0 Å². The fraction of sp³-hybridized carbons (Fsp3) is 0.143. The van der Waals surface area contributed by atoms with E-state index in [1.807, 2.05) is 25.1 Å². The van der Waals surface area contributed by atoms with E-state index in [1.165, 1.54) is 0 Å². The number of sulfone groups is 1. The molecular weight excluding hydrogens is 354 g/mol. The van der Waals surface area contributed by atoms with E-state index < -0.39 is 9.84 Å². The molecule has 21 heavy (non-hydrogen) atoms. The minimum absolute atomic E-state index is 0.0709. The Morgan fingerprint density at radius 2 is 2.10 bits per heavy atom. The molecule has 2 heterocycles. The average molecular weight is 366 g/mol. The van der Waals surface area contributed by atoms with Gasteiger partial charge in [-0.2, -0.15) is 5.10 Å². The van der Waals surface area contributed by atoms with Gasteiger partial charge in [-0.25, -0.2) is 13.4 Å². The number of hydrogen-bond acceptors (Lipinski definition) is 4. The molecule has 0 amide bonds. The lowest BCUT2D eigenvalue weighted by Gasteiger charge is -2.04. The molecule has 0 atom stereocenters. The molecule has 3 rings (SSSR count). The summed E-state index contributed by atoms with van der Waals surface area (Å²) in [5.74, 6) is -0.0709. The predicted molar refractivity (Wildman–Crippen MR) is 83.7 cm³/mol. The number of nitrogens with zero attached hydrogens (tertiary/aromatic N) is 2. The van der Waals surface area contributed by atoms with E-state index >= 15 is 0 Å². The van der Waals surface area contributed by atoms with Crippen molar-refractivity contribution in [3.05, 3.63) is 52.1 Å². The van der Waals surface area contributed by atoms with Crippen LogP contribution in [0.5, 0.6) is 0 Å². The third-order valence-corrected chi connectivity index (χ3v) is 5.17. The fourth-order valence-corrected chi connectivity index (χ4v) is 3.95. The smallest absolute Gasteiger partial charge is 0.199 e. The highest BCUT2D eigenvalue weighted by molar-refractivity contribution is 9.10. The van der Waals surface area contributed by atoms with Crippen LogP contribution in [-0.2, 0) is 15.6 Å². The summed E-state index contributed by atoms with van der Waals surface area (Å²) in [6.45, 7) is 1.93. The van der Waals surface area contributed by atoms with E-state index in [-0.39, 0.29) is 10.8 Å². The van der Waals surface area contributed by atoms with Crippen LogP contribution < -0.4 is 0 Å². The lowest BCUT2D eigenvalue weighted by Crippen LogP contribution is -2.06. The molecule has 3 aromatic rings. The van der Waals surface area contributed by atoms with Crippen molar-refractivity contribution in [2.75, 3.05) is 0 Å². The normalized spacial score (nSPS) is 11.9. The Hall–Kier alpha value is -1.73. The first-order valence-electron chi connectivity index (χ1n) is 6.24. The molecule has 0 saturated heterocycles. The monoisotopic (exact) mass is 365 g/mol. The quantitative estimate of drug-likeness (QED) is 0.773. The number of halogens is 1. The molecule has 0 bridgehead atoms. The van der Waals surface area contributed by atoms with Gasteiger partial charge in [0.2, 0.25) is 0 Å². The van der Waals surface area contributed by atoms with Gasteiger partial charge in [0.1, 0.15) is 0 Å². The first kappa shape index (κ1) is 14.2. The minimum atomic E-state index is -3.51. The summed E-state index contributed by atoms with van der Waals surface area (Å²) in [6.07, 6.45) is 1.58. The molecule has 0 unspecified atom stereocenters. The first-order chi connectivity index (χ1) is 9.95. The van der Waals surface area contributed by atoms with Crippen molar-refractivity contribution in [1.82, 2.24) is 15.2 Å². The molecule has 0 spiro atoms. The third-order valence-electron chi connectivity index (χ3n) is 3.09. The van der Waals surface area contributed by atoms with Crippen molar-refractivity contribution < 1.29 is 8.42 Å². The summed E-state index contributed by atoms with van der Waals surface area (Å²) in [5, 5.41) is 7.15. The molecule has 0 saturated carbocycles. The lowest BCUT2D eigenvalue weighted by molar-refractivity contribution is 0.592. The number of benzene rings is 1. The second-order valence-corrected chi connectivity index (χ2v) is 7.67. The maximum atomic E-state index is 12.6. The van der Waals surface area contributed by atoms with Crippen LogP contribution in [0.1, 0.15) is 11.1 Å². The van der Waals surface area contributed by atoms with E-state index in [0.717, 1.165) is 11.1 Å². The van der Waals surface area contributed by atoms with E-state index in [1.54, 1.807) is 18.3 Å². The predicted octanol–water partition coefficient (Wildman–Crippen LogP) is 3.00. The highest BCUT2D eigenvalue weighted by Crippen LogP contribution is 2.25. The Labute approximate surface area is 130 Å². The number of aryl methyl sites for hydroxylation is 1. The highest BCUT2D eigenvalue weighted by Gasteiger charge is 2.21. The van der Waals surface area contributed by atoms with Gasteiger partial charge in [-0.1, -0.05) is 29.8 Å². The SMILES string of the molecule is Cc1cccc(CS(=O)(=O)c2[nH]nc3ncc(Br)cc23)c1. The van der Waals surface area contributed by atoms with Crippen LogP contribution >= 0.6 is 15.9 Å².